The first-order chi connectivity index (χ1) is 10.3. The molecule has 2 amide bonds. The predicted molar refractivity (Wildman–Crippen MR) is 67.5 cm³/mol. The summed E-state index contributed by atoms with van der Waals surface area (Å²) in [5, 5.41) is 2.12. The lowest BCUT2D eigenvalue weighted by atomic mass is 10.1. The Labute approximate surface area is 122 Å². The van der Waals surface area contributed by atoms with Crippen LogP contribution in [0.5, 0.6) is 0 Å². The highest BCUT2D eigenvalue weighted by molar-refractivity contribution is 5.93. The second-order valence-corrected chi connectivity index (χ2v) is 4.61. The highest BCUT2D eigenvalue weighted by Gasteiger charge is 2.43. The number of cyclic esters (lactones) is 1. The van der Waals surface area contributed by atoms with Gasteiger partial charge in [-0.2, -0.15) is 13.2 Å². The molecule has 2 rings (SSSR count). The number of imide groups is 1. The Balaban J connectivity index is 2.08. The van der Waals surface area contributed by atoms with Crippen LogP contribution < -0.4 is 5.32 Å². The summed E-state index contributed by atoms with van der Waals surface area (Å²) in [6.07, 6.45) is -6.63. The van der Waals surface area contributed by atoms with Crippen LogP contribution in [0.25, 0.3) is 0 Å². The number of rotatable bonds is 4. The number of amides is 2. The van der Waals surface area contributed by atoms with E-state index in [1.54, 1.807) is 0 Å². The van der Waals surface area contributed by atoms with Crippen LogP contribution in [0, 0.1) is 5.82 Å². The van der Waals surface area contributed by atoms with Crippen molar-refractivity contribution < 1.29 is 31.9 Å². The molecule has 9 heteroatoms. The molecule has 0 radical (unpaired) electrons. The van der Waals surface area contributed by atoms with Crippen LogP contribution in [0.15, 0.2) is 24.3 Å². The third-order valence-corrected chi connectivity index (χ3v) is 3.02. The van der Waals surface area contributed by atoms with E-state index in [2.05, 4.69) is 10.1 Å². The minimum Gasteiger partial charge on any atom is -0.447 e. The van der Waals surface area contributed by atoms with Gasteiger partial charge in [0.2, 0.25) is 5.91 Å². The predicted octanol–water partition coefficient (Wildman–Crippen LogP) is 2.54. The van der Waals surface area contributed by atoms with Gasteiger partial charge in [-0.25, -0.2) is 14.1 Å². The molecular formula is C13H12F4N2O3. The van der Waals surface area contributed by atoms with Crippen molar-refractivity contribution in [2.24, 2.45) is 0 Å². The molecule has 0 unspecified atom stereocenters. The third kappa shape index (κ3) is 3.86. The molecule has 1 heterocycles. The first-order valence-corrected chi connectivity index (χ1v) is 6.33. The van der Waals surface area contributed by atoms with E-state index < -0.39 is 36.5 Å². The lowest BCUT2D eigenvalue weighted by Gasteiger charge is -2.23. The molecule has 1 aliphatic rings. The van der Waals surface area contributed by atoms with Crippen LogP contribution in [0.2, 0.25) is 0 Å². The molecule has 1 atom stereocenters. The summed E-state index contributed by atoms with van der Waals surface area (Å²) in [6.45, 7) is -0.106. The van der Waals surface area contributed by atoms with E-state index in [0.717, 1.165) is 24.3 Å². The fourth-order valence-electron chi connectivity index (χ4n) is 1.90. The highest BCUT2D eigenvalue weighted by Crippen LogP contribution is 2.27. The summed E-state index contributed by atoms with van der Waals surface area (Å²) in [5.74, 6) is -1.58. The maximum Gasteiger partial charge on any atom is 0.416 e. The molecule has 1 aromatic carbocycles. The zero-order valence-electron chi connectivity index (χ0n) is 11.2. The average Bonchev–Trinajstić information content (AvgIpc) is 2.85. The summed E-state index contributed by atoms with van der Waals surface area (Å²) >= 11 is 0. The van der Waals surface area contributed by atoms with Crippen LogP contribution in [0.4, 0.5) is 28.0 Å². The standard InChI is InChI=1S/C13H12F4N2O3/c14-8-1-3-9(4-2-8)18-10(13(15,16)17)7-11(20)19-5-6-22-12(19)21/h1-4,10,18H,5-7H2/t10-/m1/s1. The fourth-order valence-corrected chi connectivity index (χ4v) is 1.90. The number of nitrogens with zero attached hydrogens (tertiary/aromatic N) is 1. The van der Waals surface area contributed by atoms with Gasteiger partial charge in [0.05, 0.1) is 13.0 Å². The molecule has 0 spiro atoms. The van der Waals surface area contributed by atoms with Gasteiger partial charge in [0.1, 0.15) is 18.5 Å². The van der Waals surface area contributed by atoms with Crippen LogP contribution in [-0.4, -0.2) is 42.3 Å². The van der Waals surface area contributed by atoms with E-state index in [4.69, 9.17) is 0 Å². The van der Waals surface area contributed by atoms with Crippen molar-refractivity contribution >= 4 is 17.7 Å². The summed E-state index contributed by atoms with van der Waals surface area (Å²) in [7, 11) is 0. The fraction of sp³-hybridized carbons (Fsp3) is 0.385. The molecule has 1 aliphatic heterocycles. The second kappa shape index (κ2) is 6.20. The normalized spacial score (nSPS) is 16.4. The van der Waals surface area contributed by atoms with Crippen molar-refractivity contribution in [1.29, 1.82) is 0 Å². The maximum absolute atomic E-state index is 13.0. The number of carbonyl (C=O) groups is 2. The number of benzene rings is 1. The third-order valence-electron chi connectivity index (χ3n) is 3.02. The van der Waals surface area contributed by atoms with Gasteiger partial charge in [-0.1, -0.05) is 0 Å². The molecule has 5 nitrogen and oxygen atoms in total. The number of halogens is 4. The van der Waals surface area contributed by atoms with Crippen LogP contribution in [0.1, 0.15) is 6.42 Å². The first-order valence-electron chi connectivity index (χ1n) is 6.33. The summed E-state index contributed by atoms with van der Waals surface area (Å²) in [5.41, 5.74) is 0.0144. The molecule has 1 saturated heterocycles. The van der Waals surface area contributed by atoms with Crippen LogP contribution in [-0.2, 0) is 9.53 Å². The summed E-state index contributed by atoms with van der Waals surface area (Å²) in [6, 6.07) is 2.05. The Morgan fingerprint density at radius 3 is 2.45 bits per heavy atom. The zero-order chi connectivity index (χ0) is 16.3. The quantitative estimate of drug-likeness (QED) is 0.866. The zero-order valence-corrected chi connectivity index (χ0v) is 11.2. The SMILES string of the molecule is O=C(C[C@@H](Nc1ccc(F)cc1)C(F)(F)F)N1CCOC1=O. The Hall–Kier alpha value is -2.32. The monoisotopic (exact) mass is 320 g/mol. The average molecular weight is 320 g/mol. The van der Waals surface area contributed by atoms with Crippen molar-refractivity contribution in [3.8, 4) is 0 Å². The second-order valence-electron chi connectivity index (χ2n) is 4.61. The molecule has 22 heavy (non-hydrogen) atoms. The van der Waals surface area contributed by atoms with Gasteiger partial charge >= 0.3 is 12.3 Å². The minimum absolute atomic E-state index is 0.0144. The molecule has 0 saturated carbocycles. The smallest absolute Gasteiger partial charge is 0.416 e. The number of hydrogen-bond donors (Lipinski definition) is 1. The number of carbonyl (C=O) groups excluding carboxylic acids is 2. The number of nitrogens with one attached hydrogen (secondary N) is 1. The van der Waals surface area contributed by atoms with Gasteiger partial charge in [-0.05, 0) is 24.3 Å². The molecule has 120 valence electrons. The lowest BCUT2D eigenvalue weighted by molar-refractivity contribution is -0.153. The van der Waals surface area contributed by atoms with E-state index in [1.807, 2.05) is 0 Å². The van der Waals surface area contributed by atoms with Crippen molar-refractivity contribution in [3.63, 3.8) is 0 Å². The van der Waals surface area contributed by atoms with E-state index in [1.165, 1.54) is 0 Å². The van der Waals surface area contributed by atoms with Crippen LogP contribution >= 0.6 is 0 Å². The summed E-state index contributed by atoms with van der Waals surface area (Å²) in [4.78, 5) is 23.6. The highest BCUT2D eigenvalue weighted by atomic mass is 19.4. The maximum atomic E-state index is 13.0. The Kier molecular flexibility index (Phi) is 4.53. The Bertz CT molecular complexity index is 559. The minimum atomic E-state index is -4.71. The Morgan fingerprint density at radius 1 is 1.32 bits per heavy atom. The first kappa shape index (κ1) is 16.1. The topological polar surface area (TPSA) is 58.6 Å². The van der Waals surface area contributed by atoms with Crippen molar-refractivity contribution in [2.45, 2.75) is 18.6 Å². The van der Waals surface area contributed by atoms with E-state index in [9.17, 15) is 27.2 Å². The van der Waals surface area contributed by atoms with Crippen molar-refractivity contribution in [2.75, 3.05) is 18.5 Å². The molecule has 1 N–H and O–H groups in total. The number of anilines is 1. The van der Waals surface area contributed by atoms with Gasteiger partial charge in [0.25, 0.3) is 0 Å². The van der Waals surface area contributed by atoms with E-state index >= 15 is 0 Å². The van der Waals surface area contributed by atoms with Gasteiger partial charge in [-0.15, -0.1) is 0 Å². The Morgan fingerprint density at radius 2 is 1.95 bits per heavy atom. The lowest BCUT2D eigenvalue weighted by Crippen LogP contribution is -2.42. The summed E-state index contributed by atoms with van der Waals surface area (Å²) < 4.78 is 56.3. The van der Waals surface area contributed by atoms with E-state index in [0.29, 0.717) is 4.90 Å². The van der Waals surface area contributed by atoms with Crippen molar-refractivity contribution in [3.05, 3.63) is 30.1 Å². The van der Waals surface area contributed by atoms with Crippen LogP contribution in [0.3, 0.4) is 0 Å². The molecule has 0 bridgehead atoms. The van der Waals surface area contributed by atoms with Crippen molar-refractivity contribution in [1.82, 2.24) is 4.90 Å². The van der Waals surface area contributed by atoms with E-state index in [-0.39, 0.29) is 18.8 Å². The van der Waals surface area contributed by atoms with Gasteiger partial charge in [0, 0.05) is 5.69 Å². The number of ether oxygens (including phenoxy) is 1. The largest absolute Gasteiger partial charge is 0.447 e. The molecule has 0 aliphatic carbocycles. The molecule has 0 aromatic heterocycles. The number of hydrogen-bond acceptors (Lipinski definition) is 4. The molecular weight excluding hydrogens is 308 g/mol. The number of alkyl halides is 3. The van der Waals surface area contributed by atoms with Gasteiger partial charge in [0.15, 0.2) is 0 Å². The van der Waals surface area contributed by atoms with Gasteiger partial charge < -0.3 is 10.1 Å². The molecule has 1 fully saturated rings. The van der Waals surface area contributed by atoms with Gasteiger partial charge in [-0.3, -0.25) is 4.79 Å². The molecule has 1 aromatic rings.